The number of nitrogens with two attached hydrogens (primary N) is 1. The summed E-state index contributed by atoms with van der Waals surface area (Å²) in [5.74, 6) is -0.305. The van der Waals surface area contributed by atoms with Crippen molar-refractivity contribution in [2.75, 3.05) is 50.2 Å². The van der Waals surface area contributed by atoms with Crippen LogP contribution < -0.4 is 25.8 Å². The highest BCUT2D eigenvalue weighted by molar-refractivity contribution is 7.89. The molecule has 4 rings (SSSR count). The van der Waals surface area contributed by atoms with Crippen molar-refractivity contribution in [1.82, 2.24) is 9.21 Å². The van der Waals surface area contributed by atoms with Crippen molar-refractivity contribution in [3.8, 4) is 11.5 Å². The van der Waals surface area contributed by atoms with Crippen LogP contribution in [0.2, 0.25) is 0 Å². The predicted octanol–water partition coefficient (Wildman–Crippen LogP) is 4.35. The second kappa shape index (κ2) is 17.3. The van der Waals surface area contributed by atoms with Crippen molar-refractivity contribution in [2.45, 2.75) is 63.0 Å². The minimum absolute atomic E-state index is 0.00896. The van der Waals surface area contributed by atoms with Gasteiger partial charge in [0.25, 0.3) is 5.91 Å². The Morgan fingerprint density at radius 2 is 1.70 bits per heavy atom. The largest absolute Gasteiger partial charge is 0.497 e. The number of amides is 3. The van der Waals surface area contributed by atoms with Gasteiger partial charge in [-0.15, -0.1) is 0 Å². The van der Waals surface area contributed by atoms with E-state index in [2.05, 4.69) is 10.6 Å². The molecule has 3 amide bonds. The molecule has 0 saturated heterocycles. The molecule has 1 heterocycles. The molecule has 0 aliphatic carbocycles. The number of para-hydroxylation sites is 2. The van der Waals surface area contributed by atoms with E-state index >= 15 is 0 Å². The van der Waals surface area contributed by atoms with Crippen molar-refractivity contribution in [3.05, 3.63) is 72.3 Å². The van der Waals surface area contributed by atoms with Crippen LogP contribution in [-0.2, 0) is 19.6 Å². The SMILES string of the molecule is COc1ccc(S(=O)(=O)N(C)C[C@@H]2Oc3ccc(NC(=O)CCCCCC(=O)Nc4ccccc4N)cc3C(=O)N([C@@H](C)CO)C[C@H]2C)cc1. The number of unbranched alkanes of at least 4 members (excludes halogenated alkanes) is 2. The quantitative estimate of drug-likeness (QED) is 0.132. The molecule has 0 fully saturated rings. The molecule has 0 spiro atoms. The molecule has 3 aromatic rings. The topological polar surface area (TPSA) is 181 Å². The third-order valence-corrected chi connectivity index (χ3v) is 10.5. The summed E-state index contributed by atoms with van der Waals surface area (Å²) < 4.78 is 39.6. The van der Waals surface area contributed by atoms with E-state index in [9.17, 15) is 27.9 Å². The summed E-state index contributed by atoms with van der Waals surface area (Å²) in [6.07, 6.45) is 1.70. The molecule has 0 radical (unpaired) electrons. The number of hydrogen-bond acceptors (Lipinski definition) is 9. The summed E-state index contributed by atoms with van der Waals surface area (Å²) in [6.45, 7) is 3.52. The molecule has 14 heteroatoms. The molecule has 0 saturated carbocycles. The fourth-order valence-electron chi connectivity index (χ4n) is 5.59. The number of rotatable bonds is 15. The number of fused-ring (bicyclic) bond motifs is 1. The van der Waals surface area contributed by atoms with Gasteiger partial charge in [-0.3, -0.25) is 14.4 Å². The van der Waals surface area contributed by atoms with Gasteiger partial charge < -0.3 is 35.8 Å². The summed E-state index contributed by atoms with van der Waals surface area (Å²) in [7, 11) is -0.899. The minimum Gasteiger partial charge on any atom is -0.497 e. The first-order valence-corrected chi connectivity index (χ1v) is 18.0. The number of sulfonamides is 1. The van der Waals surface area contributed by atoms with Crippen molar-refractivity contribution >= 4 is 44.8 Å². The Kier molecular flexibility index (Phi) is 13.2. The minimum atomic E-state index is -3.88. The lowest BCUT2D eigenvalue weighted by molar-refractivity contribution is -0.116. The lowest BCUT2D eigenvalue weighted by Gasteiger charge is -2.38. The number of aliphatic hydroxyl groups is 1. The fraction of sp³-hybridized carbons (Fsp3) is 0.417. The summed E-state index contributed by atoms with van der Waals surface area (Å²) in [5.41, 5.74) is 7.52. The highest BCUT2D eigenvalue weighted by atomic mass is 32.2. The zero-order chi connectivity index (χ0) is 36.4. The van der Waals surface area contributed by atoms with Crippen LogP contribution in [0.1, 0.15) is 56.3 Å². The van der Waals surface area contributed by atoms with E-state index in [0.717, 1.165) is 0 Å². The van der Waals surface area contributed by atoms with Gasteiger partial charge in [-0.1, -0.05) is 25.5 Å². The number of benzene rings is 3. The van der Waals surface area contributed by atoms with Gasteiger partial charge >= 0.3 is 0 Å². The lowest BCUT2D eigenvalue weighted by Crippen LogP contribution is -2.50. The number of likely N-dealkylation sites (N-methyl/N-ethyl adjacent to an activating group) is 1. The van der Waals surface area contributed by atoms with Crippen LogP contribution in [0.25, 0.3) is 0 Å². The Balaban J connectivity index is 1.41. The highest BCUT2D eigenvalue weighted by Crippen LogP contribution is 2.31. The Labute approximate surface area is 293 Å². The average Bonchev–Trinajstić information content (AvgIpc) is 3.10. The average molecular weight is 710 g/mol. The van der Waals surface area contributed by atoms with E-state index < -0.39 is 22.2 Å². The predicted molar refractivity (Wildman–Crippen MR) is 192 cm³/mol. The molecule has 0 unspecified atom stereocenters. The maximum atomic E-state index is 13.8. The van der Waals surface area contributed by atoms with E-state index in [4.69, 9.17) is 15.2 Å². The number of nitrogen functional groups attached to an aromatic ring is 1. The number of anilines is 3. The number of carbonyl (C=O) groups is 3. The van der Waals surface area contributed by atoms with Crippen LogP contribution in [0.5, 0.6) is 11.5 Å². The number of hydrogen-bond donors (Lipinski definition) is 4. The number of aliphatic hydroxyl groups excluding tert-OH is 1. The van der Waals surface area contributed by atoms with Crippen LogP contribution in [-0.4, -0.2) is 86.5 Å². The first-order chi connectivity index (χ1) is 23.8. The molecule has 1 aliphatic rings. The van der Waals surface area contributed by atoms with Gasteiger partial charge in [-0.05, 0) is 74.4 Å². The molecular weight excluding hydrogens is 662 g/mol. The summed E-state index contributed by atoms with van der Waals surface area (Å²) in [6, 6.07) is 17.4. The Morgan fingerprint density at radius 3 is 2.34 bits per heavy atom. The number of ether oxygens (including phenoxy) is 2. The monoisotopic (exact) mass is 709 g/mol. The van der Waals surface area contributed by atoms with Crippen LogP contribution in [0, 0.1) is 5.92 Å². The van der Waals surface area contributed by atoms with Gasteiger partial charge in [-0.25, -0.2) is 8.42 Å². The van der Waals surface area contributed by atoms with Gasteiger partial charge in [0.05, 0.1) is 48.1 Å². The normalized spacial score (nSPS) is 16.8. The van der Waals surface area contributed by atoms with Crippen LogP contribution in [0.15, 0.2) is 71.6 Å². The third kappa shape index (κ3) is 9.73. The van der Waals surface area contributed by atoms with E-state index in [1.54, 1.807) is 60.4 Å². The maximum Gasteiger partial charge on any atom is 0.258 e. The van der Waals surface area contributed by atoms with Gasteiger partial charge in [0.1, 0.15) is 17.6 Å². The van der Waals surface area contributed by atoms with E-state index in [1.165, 1.54) is 36.7 Å². The molecule has 3 atom stereocenters. The maximum absolute atomic E-state index is 13.8. The highest BCUT2D eigenvalue weighted by Gasteiger charge is 2.35. The molecular formula is C36H47N5O8S. The molecule has 270 valence electrons. The fourth-order valence-corrected chi connectivity index (χ4v) is 6.78. The molecule has 0 bridgehead atoms. The summed E-state index contributed by atoms with van der Waals surface area (Å²) in [4.78, 5) is 40.5. The Hall–Kier alpha value is -4.66. The second-order valence-corrected chi connectivity index (χ2v) is 14.6. The molecule has 50 heavy (non-hydrogen) atoms. The number of nitrogens with zero attached hydrogens (tertiary/aromatic N) is 2. The molecule has 1 aliphatic heterocycles. The molecule has 5 N–H and O–H groups in total. The molecule has 0 aromatic heterocycles. The van der Waals surface area contributed by atoms with Crippen LogP contribution >= 0.6 is 0 Å². The smallest absolute Gasteiger partial charge is 0.258 e. The second-order valence-electron chi connectivity index (χ2n) is 12.5. The van der Waals surface area contributed by atoms with Crippen molar-refractivity contribution in [1.29, 1.82) is 0 Å². The van der Waals surface area contributed by atoms with Gasteiger partial charge in [0, 0.05) is 38.0 Å². The third-order valence-electron chi connectivity index (χ3n) is 8.70. The van der Waals surface area contributed by atoms with Gasteiger partial charge in [0.2, 0.25) is 21.8 Å². The van der Waals surface area contributed by atoms with E-state index in [0.29, 0.717) is 48.5 Å². The van der Waals surface area contributed by atoms with E-state index in [-0.39, 0.29) is 66.0 Å². The van der Waals surface area contributed by atoms with Crippen molar-refractivity contribution < 1.29 is 37.4 Å². The Bertz CT molecular complexity index is 1750. The zero-order valence-corrected chi connectivity index (χ0v) is 29.7. The Morgan fingerprint density at radius 1 is 1.04 bits per heavy atom. The van der Waals surface area contributed by atoms with Crippen molar-refractivity contribution in [2.24, 2.45) is 5.92 Å². The standard InChI is InChI=1S/C36H47N5O8S/c1-24-21-41(25(2)23-42)36(45)29-20-26(38-34(43)12-6-5-7-13-35(44)39-31-11-9-8-10-30(31)37)14-19-32(29)49-33(24)22-40(3)50(46,47)28-17-15-27(48-4)16-18-28/h8-11,14-20,24-25,33,42H,5-7,12-13,21-23,37H2,1-4H3,(H,38,43)(H,39,44)/t24-,25+,33+/m1/s1. The zero-order valence-electron chi connectivity index (χ0n) is 28.9. The van der Waals surface area contributed by atoms with Gasteiger partial charge in [0.15, 0.2) is 0 Å². The number of methoxy groups -OCH3 is 1. The summed E-state index contributed by atoms with van der Waals surface area (Å²) >= 11 is 0. The number of carbonyl (C=O) groups excluding carboxylic acids is 3. The first-order valence-electron chi connectivity index (χ1n) is 16.6. The van der Waals surface area contributed by atoms with E-state index in [1.807, 2.05) is 6.92 Å². The van der Waals surface area contributed by atoms with Crippen molar-refractivity contribution in [3.63, 3.8) is 0 Å². The summed E-state index contributed by atoms with van der Waals surface area (Å²) in [5, 5.41) is 15.6. The van der Waals surface area contributed by atoms with Crippen LogP contribution in [0.3, 0.4) is 0 Å². The molecule has 3 aromatic carbocycles. The first kappa shape index (κ1) is 38.1. The molecule has 13 nitrogen and oxygen atoms in total. The lowest BCUT2D eigenvalue weighted by atomic mass is 9.99. The van der Waals surface area contributed by atoms with Crippen LogP contribution in [0.4, 0.5) is 17.1 Å². The van der Waals surface area contributed by atoms with Gasteiger partial charge in [-0.2, -0.15) is 4.31 Å². The number of nitrogens with one attached hydrogen (secondary N) is 2.